The van der Waals surface area contributed by atoms with Gasteiger partial charge in [0.25, 0.3) is 0 Å². The highest BCUT2D eigenvalue weighted by Crippen LogP contribution is 2.42. The zero-order valence-electron chi connectivity index (χ0n) is 28.7. The molecule has 3 aliphatic heterocycles. The minimum Gasteiger partial charge on any atom is -0.491 e. The van der Waals surface area contributed by atoms with Gasteiger partial charge in [-0.3, -0.25) is 29.2 Å². The summed E-state index contributed by atoms with van der Waals surface area (Å²) in [6.07, 6.45) is 6.24. The first-order valence-electron chi connectivity index (χ1n) is 17.3. The second kappa shape index (κ2) is 12.8. The number of H-pyrrole nitrogens is 1. The molecule has 2 aromatic carbocycles. The maximum absolute atomic E-state index is 14.0. The molecule has 6 heterocycles. The largest absolute Gasteiger partial charge is 0.491 e. The minimum absolute atomic E-state index is 0.0925. The number of hydrogen-bond donors (Lipinski definition) is 1. The lowest BCUT2D eigenvalue weighted by atomic mass is 9.85. The van der Waals surface area contributed by atoms with E-state index in [1.807, 2.05) is 79.2 Å². The number of nitrogens with zero attached hydrogens (tertiary/aromatic N) is 8. The third kappa shape index (κ3) is 6.04. The van der Waals surface area contributed by atoms with Gasteiger partial charge >= 0.3 is 0 Å². The summed E-state index contributed by atoms with van der Waals surface area (Å²) in [5.41, 5.74) is 6.09. The molecule has 2 amide bonds. The van der Waals surface area contributed by atoms with Crippen molar-refractivity contribution >= 4 is 34.2 Å². The Bertz CT molecular complexity index is 2080. The minimum atomic E-state index is -0.492. The number of aryl methyl sites for hydroxylation is 1. The van der Waals surface area contributed by atoms with Gasteiger partial charge in [0.1, 0.15) is 29.1 Å². The van der Waals surface area contributed by atoms with E-state index in [9.17, 15) is 9.59 Å². The highest BCUT2D eigenvalue weighted by molar-refractivity contribution is 6.01. The fourth-order valence-electron chi connectivity index (χ4n) is 7.47. The fourth-order valence-corrected chi connectivity index (χ4v) is 7.47. The number of aromatic amines is 1. The first kappa shape index (κ1) is 31.9. The molecule has 2 saturated heterocycles. The first-order chi connectivity index (χ1) is 24.2. The van der Waals surface area contributed by atoms with E-state index in [2.05, 4.69) is 43.4 Å². The molecule has 0 aliphatic carbocycles. The summed E-state index contributed by atoms with van der Waals surface area (Å²) in [4.78, 5) is 42.6. The van der Waals surface area contributed by atoms with Gasteiger partial charge in [0, 0.05) is 44.4 Å². The van der Waals surface area contributed by atoms with Crippen LogP contribution >= 0.6 is 0 Å². The van der Waals surface area contributed by atoms with Crippen LogP contribution in [0.2, 0.25) is 0 Å². The Hall–Kier alpha value is -5.36. The number of benzene rings is 2. The molecule has 50 heavy (non-hydrogen) atoms. The Morgan fingerprint density at radius 3 is 2.44 bits per heavy atom. The van der Waals surface area contributed by atoms with E-state index >= 15 is 0 Å². The number of hydrogen-bond acceptors (Lipinski definition) is 8. The lowest BCUT2D eigenvalue weighted by Gasteiger charge is -2.29. The molecular weight excluding hydrogens is 630 g/mol. The Balaban J connectivity index is 0.889. The van der Waals surface area contributed by atoms with Gasteiger partial charge in [-0.2, -0.15) is 10.2 Å². The average molecular weight is 672 g/mol. The predicted octanol–water partition coefficient (Wildman–Crippen LogP) is 4.95. The zero-order chi connectivity index (χ0) is 34.4. The summed E-state index contributed by atoms with van der Waals surface area (Å²) in [7, 11) is 1.86. The summed E-state index contributed by atoms with van der Waals surface area (Å²) < 4.78 is 7.49. The van der Waals surface area contributed by atoms with Gasteiger partial charge in [0.2, 0.25) is 11.8 Å². The predicted molar refractivity (Wildman–Crippen MR) is 191 cm³/mol. The van der Waals surface area contributed by atoms with Crippen molar-refractivity contribution in [1.29, 1.82) is 0 Å². The molecule has 3 aliphatic rings. The van der Waals surface area contributed by atoms with Gasteiger partial charge < -0.3 is 9.64 Å². The summed E-state index contributed by atoms with van der Waals surface area (Å²) in [6.45, 7) is 7.51. The van der Waals surface area contributed by atoms with Crippen molar-refractivity contribution in [2.24, 2.45) is 12.5 Å². The van der Waals surface area contributed by atoms with Crippen LogP contribution in [0.25, 0.3) is 39.3 Å². The summed E-state index contributed by atoms with van der Waals surface area (Å²) in [5, 5.41) is 12.0. The number of rotatable bonds is 8. The number of anilines is 1. The van der Waals surface area contributed by atoms with Crippen molar-refractivity contribution < 1.29 is 14.3 Å². The van der Waals surface area contributed by atoms with Crippen molar-refractivity contribution in [3.05, 3.63) is 78.6 Å². The lowest BCUT2D eigenvalue weighted by Crippen LogP contribution is -2.43. The smallest absolute Gasteiger partial charge is 0.237 e. The molecule has 0 unspecified atom stereocenters. The van der Waals surface area contributed by atoms with Crippen LogP contribution in [-0.2, 0) is 16.6 Å². The van der Waals surface area contributed by atoms with Crippen LogP contribution in [0, 0.1) is 5.41 Å². The molecule has 2 fully saturated rings. The van der Waals surface area contributed by atoms with Crippen LogP contribution in [0.4, 0.5) is 5.82 Å². The van der Waals surface area contributed by atoms with Crippen LogP contribution in [0.15, 0.2) is 73.1 Å². The van der Waals surface area contributed by atoms with Crippen LogP contribution < -0.4 is 9.64 Å². The number of ether oxygens (including phenoxy) is 1. The zero-order valence-corrected chi connectivity index (χ0v) is 28.7. The molecular formula is C38H41N9O3. The van der Waals surface area contributed by atoms with Gasteiger partial charge in [0.15, 0.2) is 5.82 Å². The highest BCUT2D eigenvalue weighted by atomic mass is 16.5. The molecule has 5 aromatic rings. The number of fused-ring (bicyclic) bond motifs is 1. The van der Waals surface area contributed by atoms with Crippen molar-refractivity contribution in [2.75, 3.05) is 44.2 Å². The van der Waals surface area contributed by atoms with E-state index in [1.54, 1.807) is 11.0 Å². The molecule has 1 atom stereocenters. The second-order valence-corrected chi connectivity index (χ2v) is 13.9. The van der Waals surface area contributed by atoms with E-state index in [4.69, 9.17) is 9.72 Å². The molecule has 12 nitrogen and oxygen atoms in total. The number of pyridine rings is 1. The molecule has 12 heteroatoms. The van der Waals surface area contributed by atoms with E-state index in [0.29, 0.717) is 44.4 Å². The number of nitrogens with one attached hydrogen (secondary N) is 1. The van der Waals surface area contributed by atoms with Gasteiger partial charge in [-0.1, -0.05) is 30.3 Å². The maximum Gasteiger partial charge on any atom is 0.237 e. The van der Waals surface area contributed by atoms with E-state index in [-0.39, 0.29) is 17.9 Å². The van der Waals surface area contributed by atoms with E-state index in [0.717, 1.165) is 65.0 Å². The number of carbonyl (C=O) groups excluding carboxylic acids is 2. The maximum atomic E-state index is 14.0. The highest BCUT2D eigenvalue weighted by Gasteiger charge is 2.51. The SMILES string of the molecule is CC(C)Oc1ccc(-c2n[nH]c3ccc(N4CC[C@]5(CCN(CC(=O)N6CC=C(c7ccc(-c8ncn(C)n8)cc7)CC6)C5)C4=O)nc23)cc1. The molecule has 1 N–H and O–H groups in total. The molecule has 3 aromatic heterocycles. The van der Waals surface area contributed by atoms with Crippen molar-refractivity contribution in [3.8, 4) is 28.4 Å². The van der Waals surface area contributed by atoms with E-state index < -0.39 is 5.41 Å². The molecule has 0 bridgehead atoms. The molecule has 0 radical (unpaired) electrons. The van der Waals surface area contributed by atoms with Crippen molar-refractivity contribution in [1.82, 2.24) is 39.7 Å². The Labute approximate surface area is 290 Å². The number of likely N-dealkylation sites (tertiary alicyclic amines) is 1. The average Bonchev–Trinajstić information content (AvgIpc) is 3.92. The quantitative estimate of drug-likeness (QED) is 0.246. The van der Waals surface area contributed by atoms with Crippen LogP contribution in [-0.4, -0.2) is 96.9 Å². The van der Waals surface area contributed by atoms with Gasteiger partial charge in [-0.25, -0.2) is 9.97 Å². The van der Waals surface area contributed by atoms with Gasteiger partial charge in [-0.05, 0) is 87.2 Å². The number of aromatic nitrogens is 6. The van der Waals surface area contributed by atoms with Crippen LogP contribution in [0.3, 0.4) is 0 Å². The Morgan fingerprint density at radius 2 is 1.72 bits per heavy atom. The Kier molecular flexibility index (Phi) is 8.18. The standard InChI is InChI=1S/C38H41N9O3/c1-25(2)50-30-10-8-28(9-11-30)34-35-31(41-42-34)12-13-32(40-35)47-21-17-38(37(47)49)16-20-45(23-38)22-33(48)46-18-14-27(15-19-46)26-4-6-29(7-5-26)36-39-24-44(3)43-36/h4-14,24-25H,15-23H2,1-3H3,(H,41,42)/t38-/m0/s1. The van der Waals surface area contributed by atoms with Crippen LogP contribution in [0.1, 0.15) is 38.7 Å². The molecule has 256 valence electrons. The third-order valence-electron chi connectivity index (χ3n) is 10.1. The fraction of sp³-hybridized carbons (Fsp3) is 0.368. The number of amides is 2. The van der Waals surface area contributed by atoms with Crippen molar-refractivity contribution in [3.63, 3.8) is 0 Å². The van der Waals surface area contributed by atoms with Gasteiger partial charge in [-0.15, -0.1) is 0 Å². The lowest BCUT2D eigenvalue weighted by molar-refractivity contribution is -0.132. The number of carbonyl (C=O) groups is 2. The molecule has 8 rings (SSSR count). The Morgan fingerprint density at radius 1 is 0.960 bits per heavy atom. The topological polar surface area (TPSA) is 125 Å². The van der Waals surface area contributed by atoms with Crippen LogP contribution in [0.5, 0.6) is 5.75 Å². The summed E-state index contributed by atoms with van der Waals surface area (Å²) in [6, 6.07) is 20.0. The normalized spacial score (nSPS) is 19.7. The summed E-state index contributed by atoms with van der Waals surface area (Å²) >= 11 is 0. The second-order valence-electron chi connectivity index (χ2n) is 13.9. The van der Waals surface area contributed by atoms with Crippen molar-refractivity contribution in [2.45, 2.75) is 39.2 Å². The third-order valence-corrected chi connectivity index (χ3v) is 10.1. The van der Waals surface area contributed by atoms with E-state index in [1.165, 1.54) is 5.57 Å². The molecule has 1 spiro atoms. The monoisotopic (exact) mass is 671 g/mol. The van der Waals surface area contributed by atoms with Gasteiger partial charge in [0.05, 0.1) is 23.6 Å². The summed E-state index contributed by atoms with van der Waals surface area (Å²) in [5.74, 6) is 2.35. The first-order valence-corrected chi connectivity index (χ1v) is 17.3. The molecule has 0 saturated carbocycles.